The number of hydrogen-bond donors (Lipinski definition) is 1. The zero-order chi connectivity index (χ0) is 22.2. The van der Waals surface area contributed by atoms with E-state index in [4.69, 9.17) is 4.74 Å². The molecule has 2 aliphatic rings. The van der Waals surface area contributed by atoms with Crippen LogP contribution >= 0.6 is 0 Å². The molecule has 0 aromatic heterocycles. The molecule has 7 nitrogen and oxygen atoms in total. The highest BCUT2D eigenvalue weighted by molar-refractivity contribution is 5.80. The molecular weight excluding hydrogens is 390 g/mol. The molecule has 31 heavy (non-hydrogen) atoms. The van der Waals surface area contributed by atoms with Gasteiger partial charge in [0.1, 0.15) is 12.4 Å². The normalized spacial score (nSPS) is 17.9. The molecule has 0 bridgehead atoms. The van der Waals surface area contributed by atoms with Crippen LogP contribution in [0.3, 0.4) is 0 Å². The molecule has 1 amide bonds. The number of aliphatic imine (C=N–C) groups is 1. The summed E-state index contributed by atoms with van der Waals surface area (Å²) in [6.45, 7) is 11.0. The van der Waals surface area contributed by atoms with Crippen LogP contribution in [0, 0.1) is 19.8 Å². The summed E-state index contributed by atoms with van der Waals surface area (Å²) >= 11 is 0. The summed E-state index contributed by atoms with van der Waals surface area (Å²) in [4.78, 5) is 23.4. The number of rotatable bonds is 8. The Bertz CT molecular complexity index is 734. The van der Waals surface area contributed by atoms with Crippen molar-refractivity contribution in [2.45, 2.75) is 33.1 Å². The van der Waals surface area contributed by atoms with Gasteiger partial charge in [-0.05, 0) is 49.9 Å². The highest BCUT2D eigenvalue weighted by Gasteiger charge is 2.31. The summed E-state index contributed by atoms with van der Waals surface area (Å²) in [5.41, 5.74) is 2.43. The van der Waals surface area contributed by atoms with Gasteiger partial charge in [0.25, 0.3) is 0 Å². The number of nitrogens with zero attached hydrogens (tertiary/aromatic N) is 4. The topological polar surface area (TPSA) is 60.4 Å². The van der Waals surface area contributed by atoms with Gasteiger partial charge in [-0.3, -0.25) is 14.7 Å². The molecule has 7 heteroatoms. The van der Waals surface area contributed by atoms with E-state index in [1.807, 2.05) is 14.1 Å². The van der Waals surface area contributed by atoms with Crippen molar-refractivity contribution in [2.24, 2.45) is 10.9 Å². The second-order valence-corrected chi connectivity index (χ2v) is 8.86. The number of nitrogens with one attached hydrogen (secondary N) is 1. The Hall–Kier alpha value is -2.28. The van der Waals surface area contributed by atoms with E-state index in [2.05, 4.69) is 57.1 Å². The highest BCUT2D eigenvalue weighted by atomic mass is 16.5. The smallest absolute Gasteiger partial charge is 0.225 e. The number of aryl methyl sites for hydroxylation is 2. The number of carbonyl (C=O) groups excluding carboxylic acids is 1. The Morgan fingerprint density at radius 1 is 1.16 bits per heavy atom. The van der Waals surface area contributed by atoms with Crippen LogP contribution in [-0.2, 0) is 4.79 Å². The van der Waals surface area contributed by atoms with Crippen LogP contribution in [0.25, 0.3) is 0 Å². The van der Waals surface area contributed by atoms with Crippen molar-refractivity contribution < 1.29 is 9.53 Å². The van der Waals surface area contributed by atoms with Crippen LogP contribution in [0.5, 0.6) is 5.75 Å². The van der Waals surface area contributed by atoms with Crippen molar-refractivity contribution in [3.05, 3.63) is 29.3 Å². The largest absolute Gasteiger partial charge is 0.492 e. The van der Waals surface area contributed by atoms with Crippen molar-refractivity contribution in [1.82, 2.24) is 20.0 Å². The molecule has 1 aliphatic carbocycles. The van der Waals surface area contributed by atoms with Gasteiger partial charge < -0.3 is 19.9 Å². The summed E-state index contributed by atoms with van der Waals surface area (Å²) in [6.07, 6.45) is 3.39. The predicted octanol–water partition coefficient (Wildman–Crippen LogP) is 2.13. The zero-order valence-corrected chi connectivity index (χ0v) is 19.7. The number of guanidine groups is 1. The van der Waals surface area contributed by atoms with Crippen LogP contribution in [-0.4, -0.2) is 93.1 Å². The van der Waals surface area contributed by atoms with Crippen molar-refractivity contribution in [3.63, 3.8) is 0 Å². The lowest BCUT2D eigenvalue weighted by atomic mass is 9.84. The molecule has 1 aromatic rings. The molecule has 0 unspecified atom stereocenters. The molecule has 1 saturated carbocycles. The SMILES string of the molecule is CN=C(NCCN1CCN(C(=O)C2CCC2)CC1)N(C)CCOc1cc(C)cc(C)c1. The van der Waals surface area contributed by atoms with Gasteiger partial charge in [-0.25, -0.2) is 0 Å². The maximum atomic E-state index is 12.4. The van der Waals surface area contributed by atoms with Crippen LogP contribution in [0.2, 0.25) is 0 Å². The van der Waals surface area contributed by atoms with E-state index in [1.165, 1.54) is 17.5 Å². The maximum Gasteiger partial charge on any atom is 0.225 e. The monoisotopic (exact) mass is 429 g/mol. The lowest BCUT2D eigenvalue weighted by molar-refractivity contribution is -0.139. The predicted molar refractivity (Wildman–Crippen MR) is 126 cm³/mol. The first-order chi connectivity index (χ1) is 15.0. The Labute approximate surface area is 187 Å². The maximum absolute atomic E-state index is 12.4. The number of carbonyl (C=O) groups is 1. The second kappa shape index (κ2) is 11.4. The molecule has 1 saturated heterocycles. The number of likely N-dealkylation sites (N-methyl/N-ethyl adjacent to an activating group) is 1. The second-order valence-electron chi connectivity index (χ2n) is 8.86. The summed E-state index contributed by atoms with van der Waals surface area (Å²) < 4.78 is 5.93. The van der Waals surface area contributed by atoms with Gasteiger partial charge in [0.15, 0.2) is 5.96 Å². The number of hydrogen-bond acceptors (Lipinski definition) is 4. The molecule has 2 fully saturated rings. The molecule has 1 aliphatic heterocycles. The molecular formula is C24H39N5O2. The fraction of sp³-hybridized carbons (Fsp3) is 0.667. The summed E-state index contributed by atoms with van der Waals surface area (Å²) in [5.74, 6) is 2.49. The van der Waals surface area contributed by atoms with E-state index in [-0.39, 0.29) is 0 Å². The average Bonchev–Trinajstić information content (AvgIpc) is 2.69. The Balaban J connectivity index is 1.32. The Kier molecular flexibility index (Phi) is 8.58. The van der Waals surface area contributed by atoms with Crippen LogP contribution in [0.1, 0.15) is 30.4 Å². The van der Waals surface area contributed by atoms with Gasteiger partial charge in [0, 0.05) is 59.3 Å². The minimum atomic E-state index is 0.311. The first kappa shape index (κ1) is 23.4. The van der Waals surface area contributed by atoms with Crippen molar-refractivity contribution in [1.29, 1.82) is 0 Å². The quantitative estimate of drug-likeness (QED) is 0.507. The van der Waals surface area contributed by atoms with Crippen molar-refractivity contribution in [3.8, 4) is 5.75 Å². The minimum Gasteiger partial charge on any atom is -0.492 e. The van der Waals surface area contributed by atoms with Crippen molar-refractivity contribution in [2.75, 3.05) is 66.5 Å². The van der Waals surface area contributed by atoms with E-state index >= 15 is 0 Å². The first-order valence-corrected chi connectivity index (χ1v) is 11.6. The minimum absolute atomic E-state index is 0.311. The van der Waals surface area contributed by atoms with Gasteiger partial charge in [0.2, 0.25) is 5.91 Å². The standard InChI is InChI=1S/C24H39N5O2/c1-19-16-20(2)18-22(17-19)31-15-14-27(4)24(25-3)26-8-9-28-10-12-29(13-11-28)23(30)21-6-5-7-21/h16-18,21H,5-15H2,1-4H3,(H,25,26). The summed E-state index contributed by atoms with van der Waals surface area (Å²) in [5, 5.41) is 3.45. The fourth-order valence-electron chi connectivity index (χ4n) is 4.24. The van der Waals surface area contributed by atoms with E-state index in [9.17, 15) is 4.79 Å². The van der Waals surface area contributed by atoms with Gasteiger partial charge in [0.05, 0.1) is 6.54 Å². The number of piperazine rings is 1. The molecule has 1 N–H and O–H groups in total. The average molecular weight is 430 g/mol. The molecule has 3 rings (SSSR count). The van der Waals surface area contributed by atoms with Gasteiger partial charge in [-0.1, -0.05) is 12.5 Å². The zero-order valence-electron chi connectivity index (χ0n) is 19.7. The number of amides is 1. The third-order valence-corrected chi connectivity index (χ3v) is 6.31. The van der Waals surface area contributed by atoms with Crippen LogP contribution < -0.4 is 10.1 Å². The molecule has 1 heterocycles. The van der Waals surface area contributed by atoms with Crippen molar-refractivity contribution >= 4 is 11.9 Å². The van der Waals surface area contributed by atoms with Gasteiger partial charge in [-0.2, -0.15) is 0 Å². The van der Waals surface area contributed by atoms with E-state index < -0.39 is 0 Å². The molecule has 172 valence electrons. The third-order valence-electron chi connectivity index (χ3n) is 6.31. The lowest BCUT2D eigenvalue weighted by Crippen LogP contribution is -2.52. The van der Waals surface area contributed by atoms with Crippen LogP contribution in [0.15, 0.2) is 23.2 Å². The van der Waals surface area contributed by atoms with E-state index in [1.54, 1.807) is 0 Å². The highest BCUT2D eigenvalue weighted by Crippen LogP contribution is 2.28. The first-order valence-electron chi connectivity index (χ1n) is 11.6. The molecule has 0 atom stereocenters. The Morgan fingerprint density at radius 3 is 2.42 bits per heavy atom. The Morgan fingerprint density at radius 2 is 1.84 bits per heavy atom. The van der Waals surface area contributed by atoms with Gasteiger partial charge >= 0.3 is 0 Å². The summed E-state index contributed by atoms with van der Waals surface area (Å²) in [6, 6.07) is 6.29. The van der Waals surface area contributed by atoms with Gasteiger partial charge in [-0.15, -0.1) is 0 Å². The number of ether oxygens (including phenoxy) is 1. The van der Waals surface area contributed by atoms with E-state index in [0.717, 1.165) is 70.4 Å². The third kappa shape index (κ3) is 6.86. The van der Waals surface area contributed by atoms with Crippen LogP contribution in [0.4, 0.5) is 0 Å². The molecule has 0 radical (unpaired) electrons. The van der Waals surface area contributed by atoms with E-state index in [0.29, 0.717) is 18.4 Å². The lowest BCUT2D eigenvalue weighted by Gasteiger charge is -2.38. The number of benzene rings is 1. The molecule has 0 spiro atoms. The summed E-state index contributed by atoms with van der Waals surface area (Å²) in [7, 11) is 3.85. The fourth-order valence-corrected chi connectivity index (χ4v) is 4.24. The molecule has 1 aromatic carbocycles.